The number of amides is 2. The van der Waals surface area contributed by atoms with Gasteiger partial charge < -0.3 is 5.32 Å². The third-order valence-corrected chi connectivity index (χ3v) is 4.58. The van der Waals surface area contributed by atoms with Crippen molar-refractivity contribution in [2.24, 2.45) is 0 Å². The molecule has 2 rings (SSSR count). The van der Waals surface area contributed by atoms with E-state index in [4.69, 9.17) is 5.26 Å². The third-order valence-electron chi connectivity index (χ3n) is 3.54. The lowest BCUT2D eigenvalue weighted by Crippen LogP contribution is -2.46. The minimum absolute atomic E-state index is 0.324. The molecule has 0 saturated heterocycles. The molecule has 0 aromatic heterocycles. The van der Waals surface area contributed by atoms with Crippen molar-refractivity contribution in [2.45, 2.75) is 17.4 Å². The summed E-state index contributed by atoms with van der Waals surface area (Å²) in [7, 11) is 1.40. The Morgan fingerprint density at radius 3 is 2.32 bits per heavy atom. The summed E-state index contributed by atoms with van der Waals surface area (Å²) in [5.41, 5.74) is 0.482. The molecular weight excluding hydrogens is 334 g/mol. The number of nitrogens with one attached hydrogen (secondary N) is 1. The molecule has 5 nitrogen and oxygen atoms in total. The highest BCUT2D eigenvalue weighted by molar-refractivity contribution is 7.99. The molecule has 128 valence electrons. The number of thioether (sulfide) groups is 1. The number of carbonyl (C=O) groups excluding carboxylic acids is 2. The Labute approximate surface area is 151 Å². The first-order valence-electron chi connectivity index (χ1n) is 7.83. The Bertz CT molecular complexity index is 744. The summed E-state index contributed by atoms with van der Waals surface area (Å²) >= 11 is 1.60. The van der Waals surface area contributed by atoms with Crippen molar-refractivity contribution >= 4 is 23.6 Å². The van der Waals surface area contributed by atoms with Gasteiger partial charge in [0.15, 0.2) is 6.19 Å². The van der Waals surface area contributed by atoms with Gasteiger partial charge in [-0.2, -0.15) is 5.26 Å². The van der Waals surface area contributed by atoms with E-state index in [1.54, 1.807) is 42.2 Å². The Kier molecular flexibility index (Phi) is 7.05. The molecule has 25 heavy (non-hydrogen) atoms. The standard InChI is InChI=1S/C19H19N3O2S/c1-22(14-20)19(24)17(12-13-25-16-10-6-3-7-11-16)21-18(23)15-8-4-2-5-9-15/h2-11,17H,12-13H2,1H3,(H,21,23). The van der Waals surface area contributed by atoms with Crippen molar-refractivity contribution < 1.29 is 9.59 Å². The molecule has 0 fully saturated rings. The number of nitrogens with zero attached hydrogens (tertiary/aromatic N) is 2. The lowest BCUT2D eigenvalue weighted by molar-refractivity contribution is -0.129. The van der Waals surface area contributed by atoms with Crippen molar-refractivity contribution in [3.63, 3.8) is 0 Å². The number of hydrogen-bond donors (Lipinski definition) is 1. The topological polar surface area (TPSA) is 73.2 Å². The van der Waals surface area contributed by atoms with Crippen molar-refractivity contribution in [1.82, 2.24) is 10.2 Å². The zero-order valence-corrected chi connectivity index (χ0v) is 14.7. The summed E-state index contributed by atoms with van der Waals surface area (Å²) in [6.45, 7) is 0. The molecule has 2 aromatic carbocycles. The van der Waals surface area contributed by atoms with E-state index in [0.717, 1.165) is 9.80 Å². The van der Waals surface area contributed by atoms with Crippen molar-refractivity contribution in [2.75, 3.05) is 12.8 Å². The number of nitriles is 1. The number of hydrogen-bond acceptors (Lipinski definition) is 4. The SMILES string of the molecule is CN(C#N)C(=O)C(CCSc1ccccc1)NC(=O)c1ccccc1. The molecule has 0 heterocycles. The van der Waals surface area contributed by atoms with Crippen LogP contribution in [-0.4, -0.2) is 35.6 Å². The number of rotatable bonds is 7. The molecule has 0 saturated carbocycles. The molecule has 0 spiro atoms. The van der Waals surface area contributed by atoms with E-state index in [2.05, 4.69) is 5.32 Å². The Balaban J connectivity index is 2.01. The maximum atomic E-state index is 12.4. The summed E-state index contributed by atoms with van der Waals surface area (Å²) in [4.78, 5) is 26.7. The van der Waals surface area contributed by atoms with Crippen molar-refractivity contribution in [3.8, 4) is 6.19 Å². The lowest BCUT2D eigenvalue weighted by atomic mass is 10.1. The average Bonchev–Trinajstić information content (AvgIpc) is 2.67. The van der Waals surface area contributed by atoms with E-state index in [1.165, 1.54) is 7.05 Å². The van der Waals surface area contributed by atoms with E-state index >= 15 is 0 Å². The van der Waals surface area contributed by atoms with Crippen molar-refractivity contribution in [3.05, 3.63) is 66.2 Å². The molecule has 0 aliphatic heterocycles. The highest BCUT2D eigenvalue weighted by Gasteiger charge is 2.24. The molecule has 0 bridgehead atoms. The minimum Gasteiger partial charge on any atom is -0.340 e. The monoisotopic (exact) mass is 353 g/mol. The van der Waals surface area contributed by atoms with Crippen molar-refractivity contribution in [1.29, 1.82) is 5.26 Å². The van der Waals surface area contributed by atoms with Crippen LogP contribution in [0.15, 0.2) is 65.6 Å². The van der Waals surface area contributed by atoms with Crippen LogP contribution in [0.5, 0.6) is 0 Å². The van der Waals surface area contributed by atoms with Crippen LogP contribution >= 0.6 is 11.8 Å². The van der Waals surface area contributed by atoms with E-state index in [-0.39, 0.29) is 5.91 Å². The van der Waals surface area contributed by atoms with Gasteiger partial charge in [0.1, 0.15) is 6.04 Å². The van der Waals surface area contributed by atoms with Gasteiger partial charge in [0, 0.05) is 23.3 Å². The van der Waals surface area contributed by atoms with Crippen LogP contribution in [0.3, 0.4) is 0 Å². The van der Waals surface area contributed by atoms with Gasteiger partial charge in [-0.25, -0.2) is 0 Å². The summed E-state index contributed by atoms with van der Waals surface area (Å²) in [6.07, 6.45) is 2.23. The van der Waals surface area contributed by atoms with E-state index in [0.29, 0.717) is 17.7 Å². The summed E-state index contributed by atoms with van der Waals surface area (Å²) in [5.74, 6) is -0.0928. The fourth-order valence-electron chi connectivity index (χ4n) is 2.18. The van der Waals surface area contributed by atoms with Crippen LogP contribution in [0.4, 0.5) is 0 Å². The van der Waals surface area contributed by atoms with Crippen LogP contribution in [0.2, 0.25) is 0 Å². The molecule has 2 aromatic rings. The fraction of sp³-hybridized carbons (Fsp3) is 0.211. The largest absolute Gasteiger partial charge is 0.340 e. The lowest BCUT2D eigenvalue weighted by Gasteiger charge is -2.20. The maximum absolute atomic E-state index is 12.4. The van der Waals surface area contributed by atoms with E-state index < -0.39 is 11.9 Å². The zero-order valence-electron chi connectivity index (χ0n) is 13.9. The zero-order chi connectivity index (χ0) is 18.1. The Hall–Kier alpha value is -2.78. The van der Waals surface area contributed by atoms with E-state index in [9.17, 15) is 9.59 Å². The minimum atomic E-state index is -0.742. The van der Waals surface area contributed by atoms with Crippen LogP contribution in [0.1, 0.15) is 16.8 Å². The van der Waals surface area contributed by atoms with E-state index in [1.807, 2.05) is 36.4 Å². The molecule has 1 atom stereocenters. The quantitative estimate of drug-likeness (QED) is 0.472. The maximum Gasteiger partial charge on any atom is 0.257 e. The molecule has 0 aliphatic rings. The van der Waals surface area contributed by atoms with Gasteiger partial charge >= 0.3 is 0 Å². The van der Waals surface area contributed by atoms with Gasteiger partial charge in [-0.05, 0) is 30.7 Å². The van der Waals surface area contributed by atoms with Gasteiger partial charge in [0.05, 0.1) is 0 Å². The van der Waals surface area contributed by atoms with Gasteiger partial charge in [-0.3, -0.25) is 14.5 Å². The number of carbonyl (C=O) groups is 2. The summed E-state index contributed by atoms with van der Waals surface area (Å²) < 4.78 is 0. The molecule has 6 heteroatoms. The molecular formula is C19H19N3O2S. The Morgan fingerprint density at radius 1 is 1.12 bits per heavy atom. The molecule has 1 N–H and O–H groups in total. The number of likely N-dealkylation sites (N-methyl/N-ethyl adjacent to an activating group) is 1. The summed E-state index contributed by atoms with van der Waals surface area (Å²) in [5, 5.41) is 11.7. The molecule has 0 aliphatic carbocycles. The first kappa shape index (κ1) is 18.6. The third kappa shape index (κ3) is 5.66. The van der Waals surface area contributed by atoms with Crippen LogP contribution < -0.4 is 5.32 Å². The van der Waals surface area contributed by atoms with Crippen LogP contribution in [-0.2, 0) is 4.79 Å². The first-order valence-corrected chi connectivity index (χ1v) is 8.81. The van der Waals surface area contributed by atoms with Gasteiger partial charge in [0.25, 0.3) is 11.8 Å². The van der Waals surface area contributed by atoms with Gasteiger partial charge in [-0.15, -0.1) is 11.8 Å². The fourth-order valence-corrected chi connectivity index (χ4v) is 3.12. The predicted octanol–water partition coefficient (Wildman–Crippen LogP) is 2.91. The van der Waals surface area contributed by atoms with Crippen LogP contribution in [0.25, 0.3) is 0 Å². The highest BCUT2D eigenvalue weighted by atomic mass is 32.2. The molecule has 0 radical (unpaired) electrons. The molecule has 1 unspecified atom stereocenters. The Morgan fingerprint density at radius 2 is 1.72 bits per heavy atom. The average molecular weight is 353 g/mol. The van der Waals surface area contributed by atoms with Crippen LogP contribution in [0, 0.1) is 11.5 Å². The van der Waals surface area contributed by atoms with Gasteiger partial charge in [-0.1, -0.05) is 36.4 Å². The number of benzene rings is 2. The molecule has 2 amide bonds. The summed E-state index contributed by atoms with van der Waals surface area (Å²) in [6, 6.07) is 17.8. The smallest absolute Gasteiger partial charge is 0.257 e. The second-order valence-electron chi connectivity index (χ2n) is 5.34. The highest BCUT2D eigenvalue weighted by Crippen LogP contribution is 2.19. The second-order valence-corrected chi connectivity index (χ2v) is 6.51. The predicted molar refractivity (Wildman–Crippen MR) is 97.9 cm³/mol. The normalized spacial score (nSPS) is 11.2. The second kappa shape index (κ2) is 9.50. The van der Waals surface area contributed by atoms with Gasteiger partial charge in [0.2, 0.25) is 0 Å². The first-order chi connectivity index (χ1) is 12.1.